The first-order valence-electron chi connectivity index (χ1n) is 9.78. The number of aromatic nitrogens is 5. The van der Waals surface area contributed by atoms with E-state index < -0.39 is 5.76 Å². The Kier molecular flexibility index (Phi) is 6.50. The van der Waals surface area contributed by atoms with E-state index in [1.54, 1.807) is 30.5 Å². The Labute approximate surface area is 191 Å². The number of nitrogens with zero attached hydrogens (tertiary/aromatic N) is 4. The molecule has 3 aromatic heterocycles. The average Bonchev–Trinajstić information content (AvgIpc) is 3.21. The summed E-state index contributed by atoms with van der Waals surface area (Å²) in [5.74, 6) is -0.573. The Balaban J connectivity index is 1.57. The summed E-state index contributed by atoms with van der Waals surface area (Å²) >= 11 is 6.08. The van der Waals surface area contributed by atoms with Crippen molar-refractivity contribution >= 4 is 17.4 Å². The van der Waals surface area contributed by atoms with E-state index in [1.807, 2.05) is 0 Å². The number of methoxy groups -OCH3 is 1. The van der Waals surface area contributed by atoms with Gasteiger partial charge in [0.2, 0.25) is 5.89 Å². The Morgan fingerprint density at radius 1 is 1.24 bits per heavy atom. The second-order valence-corrected chi connectivity index (χ2v) is 7.30. The molecule has 4 aromatic rings. The number of halogens is 2. The molecule has 0 spiro atoms. The standard InChI is InChI=1S/C21H18ClFN6O4/c1-32-20-25-16(9-17(26-20)24-8-7-13-14(22)3-2-4-15(13)23)12-5-6-19(30)29(10-12)11-18-27-28-21(31)33-18/h2-6,9-10H,7-8,11H2,1H3,(H,28,31)(H,24,25,26). The van der Waals surface area contributed by atoms with Crippen LogP contribution < -0.4 is 21.4 Å². The third-order valence-electron chi connectivity index (χ3n) is 4.70. The molecule has 170 valence electrons. The van der Waals surface area contributed by atoms with E-state index in [4.69, 9.17) is 20.8 Å². The molecule has 4 rings (SSSR count). The maximum absolute atomic E-state index is 14.0. The molecule has 0 aliphatic carbocycles. The van der Waals surface area contributed by atoms with Crippen molar-refractivity contribution < 1.29 is 13.5 Å². The number of rotatable bonds is 8. The van der Waals surface area contributed by atoms with Crippen molar-refractivity contribution in [3.8, 4) is 17.3 Å². The highest BCUT2D eigenvalue weighted by Crippen LogP contribution is 2.23. The number of nitrogens with one attached hydrogen (secondary N) is 2. The quantitative estimate of drug-likeness (QED) is 0.400. The molecule has 0 aliphatic rings. The molecule has 10 nitrogen and oxygen atoms in total. The van der Waals surface area contributed by atoms with Crippen LogP contribution in [0.25, 0.3) is 11.3 Å². The first-order valence-corrected chi connectivity index (χ1v) is 10.2. The van der Waals surface area contributed by atoms with Crippen LogP contribution in [0.5, 0.6) is 6.01 Å². The number of anilines is 1. The van der Waals surface area contributed by atoms with Crippen LogP contribution in [0, 0.1) is 5.82 Å². The van der Waals surface area contributed by atoms with E-state index in [1.165, 1.54) is 23.8 Å². The highest BCUT2D eigenvalue weighted by Gasteiger charge is 2.12. The van der Waals surface area contributed by atoms with Crippen molar-refractivity contribution in [2.45, 2.75) is 13.0 Å². The van der Waals surface area contributed by atoms with Gasteiger partial charge in [-0.3, -0.25) is 4.79 Å². The fourth-order valence-electron chi connectivity index (χ4n) is 3.12. The maximum atomic E-state index is 14.0. The van der Waals surface area contributed by atoms with E-state index in [9.17, 15) is 14.0 Å². The van der Waals surface area contributed by atoms with Crippen LogP contribution in [0.2, 0.25) is 5.02 Å². The number of pyridine rings is 1. The lowest BCUT2D eigenvalue weighted by Crippen LogP contribution is -2.19. The third-order valence-corrected chi connectivity index (χ3v) is 5.05. The molecule has 0 atom stereocenters. The van der Waals surface area contributed by atoms with Gasteiger partial charge in [-0.25, -0.2) is 14.3 Å². The van der Waals surface area contributed by atoms with Gasteiger partial charge in [-0.1, -0.05) is 17.7 Å². The van der Waals surface area contributed by atoms with E-state index in [-0.39, 0.29) is 29.8 Å². The van der Waals surface area contributed by atoms with Gasteiger partial charge in [0, 0.05) is 41.0 Å². The van der Waals surface area contributed by atoms with Gasteiger partial charge < -0.3 is 19.0 Å². The Hall–Kier alpha value is -3.99. The van der Waals surface area contributed by atoms with Crippen molar-refractivity contribution in [3.63, 3.8) is 0 Å². The minimum Gasteiger partial charge on any atom is -0.467 e. The van der Waals surface area contributed by atoms with Crippen LogP contribution >= 0.6 is 11.6 Å². The van der Waals surface area contributed by atoms with Gasteiger partial charge in [0.05, 0.1) is 12.8 Å². The molecular weight excluding hydrogens is 455 g/mol. The van der Waals surface area contributed by atoms with Crippen LogP contribution in [-0.4, -0.2) is 38.4 Å². The van der Waals surface area contributed by atoms with Crippen molar-refractivity contribution in [1.29, 1.82) is 0 Å². The first-order chi connectivity index (χ1) is 15.9. The minimum absolute atomic E-state index is 0.0395. The molecule has 0 saturated carbocycles. The lowest BCUT2D eigenvalue weighted by atomic mass is 10.1. The highest BCUT2D eigenvalue weighted by atomic mass is 35.5. The molecule has 0 fully saturated rings. The lowest BCUT2D eigenvalue weighted by Gasteiger charge is -2.11. The van der Waals surface area contributed by atoms with Gasteiger partial charge >= 0.3 is 11.8 Å². The molecule has 0 saturated heterocycles. The largest absolute Gasteiger partial charge is 0.467 e. The summed E-state index contributed by atoms with van der Waals surface area (Å²) in [5, 5.41) is 9.33. The number of hydrogen-bond donors (Lipinski definition) is 2. The van der Waals surface area contributed by atoms with Crippen LogP contribution in [-0.2, 0) is 13.0 Å². The molecule has 3 heterocycles. The molecule has 2 N–H and O–H groups in total. The Morgan fingerprint density at radius 3 is 2.82 bits per heavy atom. The normalized spacial score (nSPS) is 10.9. The summed E-state index contributed by atoms with van der Waals surface area (Å²) in [6, 6.07) is 9.28. The van der Waals surface area contributed by atoms with Crippen molar-refractivity contribution in [1.82, 2.24) is 24.7 Å². The highest BCUT2D eigenvalue weighted by molar-refractivity contribution is 6.31. The lowest BCUT2D eigenvalue weighted by molar-refractivity contribution is 0.381. The zero-order valence-corrected chi connectivity index (χ0v) is 18.1. The summed E-state index contributed by atoms with van der Waals surface area (Å²) in [5.41, 5.74) is 1.16. The fraction of sp³-hybridized carbons (Fsp3) is 0.190. The minimum atomic E-state index is -0.706. The predicted molar refractivity (Wildman–Crippen MR) is 118 cm³/mol. The molecule has 0 bridgehead atoms. The van der Waals surface area contributed by atoms with E-state index in [2.05, 4.69) is 25.5 Å². The summed E-state index contributed by atoms with van der Waals surface area (Å²) in [6.07, 6.45) is 1.90. The van der Waals surface area contributed by atoms with Gasteiger partial charge in [-0.05, 0) is 24.6 Å². The number of hydrogen-bond acceptors (Lipinski definition) is 8. The molecule has 12 heteroatoms. The zero-order chi connectivity index (χ0) is 23.4. The van der Waals surface area contributed by atoms with Gasteiger partial charge in [0.25, 0.3) is 5.56 Å². The molecule has 0 amide bonds. The molecular formula is C21H18ClFN6O4. The number of benzene rings is 1. The smallest absolute Gasteiger partial charge is 0.434 e. The van der Waals surface area contributed by atoms with Gasteiger partial charge in [0.15, 0.2) is 0 Å². The summed E-state index contributed by atoms with van der Waals surface area (Å²) < 4.78 is 25.4. The second kappa shape index (κ2) is 9.65. The SMILES string of the molecule is COc1nc(NCCc2c(F)cccc2Cl)cc(-c2ccc(=O)n(Cc3n[nH]c(=O)o3)c2)n1. The number of ether oxygens (including phenoxy) is 1. The summed E-state index contributed by atoms with van der Waals surface area (Å²) in [6.45, 7) is 0.320. The molecule has 33 heavy (non-hydrogen) atoms. The van der Waals surface area contributed by atoms with Crippen molar-refractivity contribution in [2.24, 2.45) is 0 Å². The number of aromatic amines is 1. The predicted octanol–water partition coefficient (Wildman–Crippen LogP) is 2.49. The van der Waals surface area contributed by atoms with E-state index in [0.29, 0.717) is 40.6 Å². The molecule has 0 unspecified atom stereocenters. The van der Waals surface area contributed by atoms with Gasteiger partial charge in [-0.15, -0.1) is 5.10 Å². The van der Waals surface area contributed by atoms with E-state index in [0.717, 1.165) is 0 Å². The Bertz CT molecular complexity index is 1380. The zero-order valence-electron chi connectivity index (χ0n) is 17.3. The van der Waals surface area contributed by atoms with Gasteiger partial charge in [-0.2, -0.15) is 9.97 Å². The van der Waals surface area contributed by atoms with Gasteiger partial charge in [0.1, 0.15) is 18.2 Å². The molecule has 1 aromatic carbocycles. The van der Waals surface area contributed by atoms with Crippen molar-refractivity contribution in [2.75, 3.05) is 19.0 Å². The number of H-pyrrole nitrogens is 1. The summed E-state index contributed by atoms with van der Waals surface area (Å²) in [7, 11) is 1.43. The topological polar surface area (TPSA) is 128 Å². The van der Waals surface area contributed by atoms with Crippen LogP contribution in [0.1, 0.15) is 11.5 Å². The second-order valence-electron chi connectivity index (χ2n) is 6.89. The van der Waals surface area contributed by atoms with Crippen LogP contribution in [0.4, 0.5) is 10.2 Å². The fourth-order valence-corrected chi connectivity index (χ4v) is 3.38. The Morgan fingerprint density at radius 2 is 2.09 bits per heavy atom. The van der Waals surface area contributed by atoms with Crippen molar-refractivity contribution in [3.05, 3.63) is 85.8 Å². The average molecular weight is 473 g/mol. The van der Waals surface area contributed by atoms with Crippen LogP contribution in [0.15, 0.2) is 56.6 Å². The van der Waals surface area contributed by atoms with E-state index >= 15 is 0 Å². The van der Waals surface area contributed by atoms with Crippen LogP contribution in [0.3, 0.4) is 0 Å². The monoisotopic (exact) mass is 472 g/mol. The summed E-state index contributed by atoms with van der Waals surface area (Å²) in [4.78, 5) is 32.0. The third kappa shape index (κ3) is 5.26. The molecule has 0 aliphatic heterocycles. The first kappa shape index (κ1) is 22.2. The maximum Gasteiger partial charge on any atom is 0.434 e. The molecule has 0 radical (unpaired) electrons.